The minimum atomic E-state index is -1.25. The smallest absolute Gasteiger partial charge is 0.400 e. The summed E-state index contributed by atoms with van der Waals surface area (Å²) in [7, 11) is 0. The molecule has 0 aromatic heterocycles. The lowest BCUT2D eigenvalue weighted by Gasteiger charge is -2.23. The van der Waals surface area contributed by atoms with Crippen LogP contribution in [0.5, 0.6) is 0 Å². The van der Waals surface area contributed by atoms with Crippen molar-refractivity contribution in [3.63, 3.8) is 0 Å². The third-order valence-electron chi connectivity index (χ3n) is 4.87. The molecule has 0 N–H and O–H groups in total. The predicted octanol–water partition coefficient (Wildman–Crippen LogP) is 5.91. The van der Waals surface area contributed by atoms with Crippen molar-refractivity contribution < 1.29 is 43.4 Å². The Labute approximate surface area is 211 Å². The summed E-state index contributed by atoms with van der Waals surface area (Å²) in [5, 5.41) is 0. The van der Waals surface area contributed by atoms with Gasteiger partial charge in [-0.3, -0.25) is 9.78 Å². The molecule has 2 aromatic rings. The van der Waals surface area contributed by atoms with Gasteiger partial charge in [-0.1, -0.05) is 62.1 Å². The molecule has 0 saturated heterocycles. The van der Waals surface area contributed by atoms with Gasteiger partial charge in [-0.2, -0.15) is 0 Å². The first-order valence-electron chi connectivity index (χ1n) is 11.6. The molecule has 0 saturated carbocycles. The van der Waals surface area contributed by atoms with Crippen LogP contribution in [-0.4, -0.2) is 30.7 Å². The Kier molecular flexibility index (Phi) is 10.4. The molecule has 0 aliphatic carbocycles. The zero-order valence-corrected chi connectivity index (χ0v) is 21.9. The van der Waals surface area contributed by atoms with Crippen molar-refractivity contribution in [3.8, 4) is 0 Å². The van der Waals surface area contributed by atoms with Crippen LogP contribution in [0.4, 0.5) is 4.79 Å². The van der Waals surface area contributed by atoms with Crippen LogP contribution in [0.1, 0.15) is 70.7 Å². The fourth-order valence-electron chi connectivity index (χ4n) is 3.21. The van der Waals surface area contributed by atoms with E-state index in [1.165, 1.54) is 0 Å². The first kappa shape index (κ1) is 28.8. The monoisotopic (exact) mass is 502 g/mol. The molecular formula is C27H34O9. The molecule has 0 spiro atoms. The molecule has 9 nitrogen and oxygen atoms in total. The van der Waals surface area contributed by atoms with Crippen LogP contribution in [0.25, 0.3) is 0 Å². The number of benzene rings is 2. The van der Waals surface area contributed by atoms with E-state index in [0.29, 0.717) is 11.1 Å². The molecule has 2 rings (SSSR count). The maximum atomic E-state index is 12.4. The summed E-state index contributed by atoms with van der Waals surface area (Å²) >= 11 is 0. The molecule has 0 fully saturated rings. The van der Waals surface area contributed by atoms with Crippen molar-refractivity contribution in [2.45, 2.75) is 68.0 Å². The molecule has 0 aliphatic heterocycles. The third-order valence-corrected chi connectivity index (χ3v) is 4.87. The highest BCUT2D eigenvalue weighted by atomic mass is 17.2. The average Bonchev–Trinajstić information content (AvgIpc) is 2.77. The summed E-state index contributed by atoms with van der Waals surface area (Å²) in [6.45, 7) is 14.2. The predicted molar refractivity (Wildman–Crippen MR) is 130 cm³/mol. The molecule has 9 heteroatoms. The second-order valence-electron chi connectivity index (χ2n) is 9.40. The van der Waals surface area contributed by atoms with Gasteiger partial charge in [0.25, 0.3) is 12.6 Å². The topological polar surface area (TPSA) is 107 Å². The highest BCUT2D eigenvalue weighted by Crippen LogP contribution is 2.17. The summed E-state index contributed by atoms with van der Waals surface area (Å²) in [6.07, 6.45) is -3.66. The molecule has 2 aromatic carbocycles. The molecule has 2 atom stereocenters. The van der Waals surface area contributed by atoms with Gasteiger partial charge in [-0.05, 0) is 52.0 Å². The lowest BCUT2D eigenvalue weighted by Crippen LogP contribution is -2.33. The first-order valence-corrected chi connectivity index (χ1v) is 11.6. The van der Waals surface area contributed by atoms with Crippen LogP contribution in [0, 0.1) is 39.5 Å². The van der Waals surface area contributed by atoms with Crippen LogP contribution in [-0.2, 0) is 29.0 Å². The molecule has 0 amide bonds. The van der Waals surface area contributed by atoms with Gasteiger partial charge in [0.1, 0.15) is 0 Å². The van der Waals surface area contributed by atoms with Crippen molar-refractivity contribution in [2.24, 2.45) is 11.8 Å². The van der Waals surface area contributed by atoms with Gasteiger partial charge in [0.05, 0.1) is 11.1 Å². The van der Waals surface area contributed by atoms with Crippen molar-refractivity contribution in [1.29, 1.82) is 0 Å². The summed E-state index contributed by atoms with van der Waals surface area (Å²) in [5.41, 5.74) is 4.16. The van der Waals surface area contributed by atoms with Gasteiger partial charge < -0.3 is 9.47 Å². The van der Waals surface area contributed by atoms with Crippen LogP contribution < -0.4 is 0 Å². The average molecular weight is 503 g/mol. The number of hydrogen-bond donors (Lipinski definition) is 0. The number of rotatable bonds is 10. The van der Waals surface area contributed by atoms with Crippen LogP contribution in [0.2, 0.25) is 0 Å². The lowest BCUT2D eigenvalue weighted by atomic mass is 10.1. The van der Waals surface area contributed by atoms with Gasteiger partial charge in [-0.25, -0.2) is 14.4 Å². The molecule has 0 bridgehead atoms. The van der Waals surface area contributed by atoms with E-state index in [2.05, 4.69) is 0 Å². The molecule has 36 heavy (non-hydrogen) atoms. The fourth-order valence-corrected chi connectivity index (χ4v) is 3.21. The van der Waals surface area contributed by atoms with Crippen LogP contribution in [0.3, 0.4) is 0 Å². The Hall–Kier alpha value is -3.43. The van der Waals surface area contributed by atoms with Gasteiger partial charge in [0, 0.05) is 11.8 Å². The first-order chi connectivity index (χ1) is 16.8. The quantitative estimate of drug-likeness (QED) is 0.169. The van der Waals surface area contributed by atoms with Crippen molar-refractivity contribution >= 4 is 18.1 Å². The van der Waals surface area contributed by atoms with E-state index in [9.17, 15) is 14.4 Å². The number of hydrogen-bond acceptors (Lipinski definition) is 9. The number of aryl methyl sites for hydroxylation is 4. The number of ether oxygens (including phenoxy) is 2. The van der Waals surface area contributed by atoms with E-state index >= 15 is 0 Å². The molecular weight excluding hydrogens is 468 g/mol. The van der Waals surface area contributed by atoms with Crippen LogP contribution >= 0.6 is 0 Å². The minimum absolute atomic E-state index is 0.302. The molecule has 0 radical (unpaired) electrons. The Morgan fingerprint density at radius 1 is 0.556 bits per heavy atom. The Balaban J connectivity index is 1.94. The molecule has 196 valence electrons. The van der Waals surface area contributed by atoms with Crippen molar-refractivity contribution in [3.05, 3.63) is 69.8 Å². The Morgan fingerprint density at radius 3 is 1.14 bits per heavy atom. The van der Waals surface area contributed by atoms with E-state index < -0.39 is 30.7 Å². The molecule has 2 unspecified atom stereocenters. The van der Waals surface area contributed by atoms with E-state index in [4.69, 9.17) is 29.0 Å². The summed E-state index contributed by atoms with van der Waals surface area (Å²) < 4.78 is 10.3. The largest absolute Gasteiger partial charge is 0.513 e. The summed E-state index contributed by atoms with van der Waals surface area (Å²) in [5.74, 6) is -2.23. The van der Waals surface area contributed by atoms with Gasteiger partial charge >= 0.3 is 18.1 Å². The highest BCUT2D eigenvalue weighted by Gasteiger charge is 2.28. The normalized spacial score (nSPS) is 12.7. The third kappa shape index (κ3) is 8.98. The number of carbonyl (C=O) groups excluding carboxylic acids is 3. The second-order valence-corrected chi connectivity index (χ2v) is 9.40. The minimum Gasteiger partial charge on any atom is -0.400 e. The van der Waals surface area contributed by atoms with Crippen molar-refractivity contribution in [2.75, 3.05) is 0 Å². The van der Waals surface area contributed by atoms with Gasteiger partial charge in [-0.15, -0.1) is 9.78 Å². The van der Waals surface area contributed by atoms with E-state index in [0.717, 1.165) is 22.3 Å². The second kappa shape index (κ2) is 13.0. The van der Waals surface area contributed by atoms with Crippen molar-refractivity contribution in [1.82, 2.24) is 0 Å². The van der Waals surface area contributed by atoms with E-state index in [-0.39, 0.29) is 11.8 Å². The SMILES string of the molecule is Cc1cc(C)cc(C(=O)OOC(OC(=O)OC(OOC(=O)c2cc(C)cc(C)c2)C(C)C)C(C)C)c1. The highest BCUT2D eigenvalue weighted by molar-refractivity contribution is 5.89. The maximum absolute atomic E-state index is 12.4. The molecule has 0 heterocycles. The zero-order valence-electron chi connectivity index (χ0n) is 21.9. The Morgan fingerprint density at radius 2 is 0.861 bits per heavy atom. The number of carbonyl (C=O) groups is 3. The fraction of sp³-hybridized carbons (Fsp3) is 0.444. The maximum Gasteiger partial charge on any atom is 0.513 e. The molecule has 0 aliphatic rings. The van der Waals surface area contributed by atoms with Crippen LogP contribution in [0.15, 0.2) is 36.4 Å². The lowest BCUT2D eigenvalue weighted by molar-refractivity contribution is -0.357. The zero-order chi connectivity index (χ0) is 27.0. The van der Waals surface area contributed by atoms with Gasteiger partial charge in [0.2, 0.25) is 0 Å². The van der Waals surface area contributed by atoms with Gasteiger partial charge in [0.15, 0.2) is 0 Å². The van der Waals surface area contributed by atoms with E-state index in [1.54, 1.807) is 52.0 Å². The summed E-state index contributed by atoms with van der Waals surface area (Å²) in [4.78, 5) is 57.1. The standard InChI is InChI=1S/C27H34O9/c1-15(2)25(35-33-23(28)21-11-17(5)9-18(6)12-21)31-27(30)32-26(16(3)4)36-34-24(29)22-13-19(7)10-20(8)14-22/h9-16,25-26H,1-8H3. The Bertz CT molecular complexity index is 951. The summed E-state index contributed by atoms with van der Waals surface area (Å²) in [6, 6.07) is 10.5. The van der Waals surface area contributed by atoms with E-state index in [1.807, 2.05) is 39.8 Å².